The van der Waals surface area contributed by atoms with E-state index in [0.29, 0.717) is 0 Å². The summed E-state index contributed by atoms with van der Waals surface area (Å²) in [6, 6.07) is 0. The molecule has 50 valence electrons. The van der Waals surface area contributed by atoms with Gasteiger partial charge in [0.2, 0.25) is 5.91 Å². The molecule has 0 fully saturated rings. The molecule has 1 N–H and O–H groups in total. The van der Waals surface area contributed by atoms with Crippen LogP contribution in [0.2, 0.25) is 0 Å². The van der Waals surface area contributed by atoms with Gasteiger partial charge in [0.1, 0.15) is 7.85 Å². The Hall–Kier alpha value is -0.725. The molecule has 0 radical (unpaired) electrons. The van der Waals surface area contributed by atoms with Crippen LogP contribution in [0.15, 0.2) is 11.0 Å². The summed E-state index contributed by atoms with van der Waals surface area (Å²) in [5, 5.41) is 2.55. The van der Waals surface area contributed by atoms with Crippen molar-refractivity contribution in [2.24, 2.45) is 0 Å². The lowest BCUT2D eigenvalue weighted by Gasteiger charge is -1.99. The zero-order chi connectivity index (χ0) is 7.44. The maximum absolute atomic E-state index is 10.8. The van der Waals surface area contributed by atoms with E-state index >= 15 is 0 Å². The SMILES string of the molecule is B/C(C)=C(/C)C(=O)NC. The second kappa shape index (κ2) is 3.33. The molecule has 9 heavy (non-hydrogen) atoms. The monoisotopic (exact) mass is 125 g/mol. The molecule has 0 rings (SSSR count). The van der Waals surface area contributed by atoms with E-state index in [-0.39, 0.29) is 5.91 Å². The van der Waals surface area contributed by atoms with Gasteiger partial charge in [-0.25, -0.2) is 0 Å². The van der Waals surface area contributed by atoms with Crippen molar-refractivity contribution in [3.05, 3.63) is 11.0 Å². The zero-order valence-corrected chi connectivity index (χ0v) is 6.41. The first kappa shape index (κ1) is 8.27. The third-order valence-electron chi connectivity index (χ3n) is 1.32. The summed E-state index contributed by atoms with van der Waals surface area (Å²) in [4.78, 5) is 10.8. The van der Waals surface area contributed by atoms with Crippen LogP contribution in [0.3, 0.4) is 0 Å². The van der Waals surface area contributed by atoms with Gasteiger partial charge in [0.25, 0.3) is 0 Å². The van der Waals surface area contributed by atoms with Gasteiger partial charge in [-0.05, 0) is 6.92 Å². The van der Waals surface area contributed by atoms with Crippen LogP contribution in [0.4, 0.5) is 0 Å². The lowest BCUT2D eigenvalue weighted by atomic mass is 9.92. The summed E-state index contributed by atoms with van der Waals surface area (Å²) >= 11 is 0. The fraction of sp³-hybridized carbons (Fsp3) is 0.500. The second-order valence-electron chi connectivity index (χ2n) is 2.20. The van der Waals surface area contributed by atoms with Crippen molar-refractivity contribution in [1.82, 2.24) is 5.32 Å². The fourth-order valence-corrected chi connectivity index (χ4v) is 0.415. The standard InChI is InChI=1S/C6H12BNO/c1-4(5(2)7)6(9)8-3/h7H2,1-3H3,(H,8,9)/b5-4-. The van der Waals surface area contributed by atoms with Gasteiger partial charge in [0.15, 0.2) is 0 Å². The highest BCUT2D eigenvalue weighted by atomic mass is 16.1. The first-order valence-electron chi connectivity index (χ1n) is 2.95. The minimum atomic E-state index is 0.00926. The minimum Gasteiger partial charge on any atom is -0.355 e. The Morgan fingerprint density at radius 2 is 1.89 bits per heavy atom. The molecule has 0 spiro atoms. The Balaban J connectivity index is 4.21. The van der Waals surface area contributed by atoms with Crippen LogP contribution in [0.25, 0.3) is 0 Å². The number of likely N-dealkylation sites (N-methyl/N-ethyl adjacent to an activating group) is 1. The predicted molar refractivity (Wildman–Crippen MR) is 41.0 cm³/mol. The number of amides is 1. The summed E-state index contributed by atoms with van der Waals surface area (Å²) in [5.41, 5.74) is 1.87. The maximum Gasteiger partial charge on any atom is 0.245 e. The smallest absolute Gasteiger partial charge is 0.245 e. The summed E-state index contributed by atoms with van der Waals surface area (Å²) in [6.45, 7) is 3.73. The van der Waals surface area contributed by atoms with Gasteiger partial charge in [0, 0.05) is 12.6 Å². The quantitative estimate of drug-likeness (QED) is 0.377. The first-order valence-corrected chi connectivity index (χ1v) is 2.95. The summed E-state index contributed by atoms with van der Waals surface area (Å²) in [5.74, 6) is 0.00926. The third kappa shape index (κ3) is 2.35. The van der Waals surface area contributed by atoms with E-state index in [1.807, 2.05) is 21.7 Å². The van der Waals surface area contributed by atoms with Gasteiger partial charge in [-0.15, -0.1) is 5.47 Å². The number of carbonyl (C=O) groups excluding carboxylic acids is 1. The van der Waals surface area contributed by atoms with Gasteiger partial charge in [0.05, 0.1) is 0 Å². The summed E-state index contributed by atoms with van der Waals surface area (Å²) in [7, 11) is 3.55. The van der Waals surface area contributed by atoms with Crippen LogP contribution in [-0.2, 0) is 4.79 Å². The molecule has 0 aliphatic rings. The molecule has 0 bridgehead atoms. The molecular weight excluding hydrogens is 113 g/mol. The van der Waals surface area contributed by atoms with Crippen molar-refractivity contribution in [3.63, 3.8) is 0 Å². The van der Waals surface area contributed by atoms with Gasteiger partial charge in [-0.2, -0.15) is 0 Å². The number of rotatable bonds is 1. The van der Waals surface area contributed by atoms with Gasteiger partial charge >= 0.3 is 0 Å². The average Bonchev–Trinajstić information content (AvgIpc) is 1.84. The molecule has 1 amide bonds. The van der Waals surface area contributed by atoms with Gasteiger partial charge in [-0.1, -0.05) is 6.92 Å². The molecule has 0 heterocycles. The van der Waals surface area contributed by atoms with Crippen molar-refractivity contribution in [3.8, 4) is 0 Å². The molecule has 0 aliphatic heterocycles. The Labute approximate surface area is 56.7 Å². The lowest BCUT2D eigenvalue weighted by molar-refractivity contribution is -0.117. The summed E-state index contributed by atoms with van der Waals surface area (Å²) < 4.78 is 0. The second-order valence-corrected chi connectivity index (χ2v) is 2.20. The first-order chi connectivity index (χ1) is 4.09. The molecule has 0 saturated carbocycles. The Morgan fingerprint density at radius 1 is 1.44 bits per heavy atom. The van der Waals surface area contributed by atoms with E-state index in [4.69, 9.17) is 0 Å². The van der Waals surface area contributed by atoms with Crippen LogP contribution in [-0.4, -0.2) is 20.8 Å². The molecule has 0 aromatic rings. The van der Waals surface area contributed by atoms with E-state index in [1.54, 1.807) is 7.05 Å². The molecule has 3 heteroatoms. The van der Waals surface area contributed by atoms with Crippen LogP contribution in [0.1, 0.15) is 13.8 Å². The highest BCUT2D eigenvalue weighted by molar-refractivity contribution is 6.24. The average molecular weight is 125 g/mol. The van der Waals surface area contributed by atoms with Crippen LogP contribution >= 0.6 is 0 Å². The molecule has 0 unspecified atom stereocenters. The Morgan fingerprint density at radius 3 is 2.00 bits per heavy atom. The normalized spacial score (nSPS) is 12.3. The largest absolute Gasteiger partial charge is 0.355 e. The number of hydrogen-bond acceptors (Lipinski definition) is 1. The number of carbonyl (C=O) groups is 1. The number of nitrogens with one attached hydrogen (secondary N) is 1. The van der Waals surface area contributed by atoms with Crippen molar-refractivity contribution >= 4 is 13.8 Å². The van der Waals surface area contributed by atoms with E-state index in [1.165, 1.54) is 0 Å². The van der Waals surface area contributed by atoms with Gasteiger partial charge < -0.3 is 5.32 Å². The third-order valence-corrected chi connectivity index (χ3v) is 1.32. The topological polar surface area (TPSA) is 29.1 Å². The van der Waals surface area contributed by atoms with Gasteiger partial charge in [-0.3, -0.25) is 4.79 Å². The molecule has 0 atom stereocenters. The molecule has 2 nitrogen and oxygen atoms in total. The van der Waals surface area contributed by atoms with Crippen molar-refractivity contribution in [2.75, 3.05) is 7.05 Å². The van der Waals surface area contributed by atoms with Crippen molar-refractivity contribution < 1.29 is 4.79 Å². The van der Waals surface area contributed by atoms with Crippen LogP contribution in [0.5, 0.6) is 0 Å². The van der Waals surface area contributed by atoms with Crippen molar-refractivity contribution in [2.45, 2.75) is 13.8 Å². The van der Waals surface area contributed by atoms with E-state index in [9.17, 15) is 4.79 Å². The van der Waals surface area contributed by atoms with Crippen LogP contribution in [0, 0.1) is 0 Å². The number of allylic oxidation sites excluding steroid dienone is 1. The van der Waals surface area contributed by atoms with Crippen LogP contribution < -0.4 is 5.32 Å². The molecule has 0 saturated heterocycles. The minimum absolute atomic E-state index is 0.00926. The molecule has 0 aromatic carbocycles. The Kier molecular flexibility index (Phi) is 3.06. The molecule has 0 aromatic heterocycles. The fourth-order valence-electron chi connectivity index (χ4n) is 0.415. The van der Waals surface area contributed by atoms with E-state index in [0.717, 1.165) is 11.0 Å². The number of hydrogen-bond donors (Lipinski definition) is 1. The Bertz CT molecular complexity index is 147. The molecular formula is C6H12BNO. The lowest BCUT2D eigenvalue weighted by Crippen LogP contribution is -2.19. The predicted octanol–water partition coefficient (Wildman–Crippen LogP) is -0.341. The van der Waals surface area contributed by atoms with E-state index in [2.05, 4.69) is 5.32 Å². The molecule has 0 aliphatic carbocycles. The summed E-state index contributed by atoms with van der Waals surface area (Å²) in [6.07, 6.45) is 0. The van der Waals surface area contributed by atoms with E-state index < -0.39 is 0 Å². The highest BCUT2D eigenvalue weighted by Crippen LogP contribution is 1.96. The van der Waals surface area contributed by atoms with Crippen molar-refractivity contribution in [1.29, 1.82) is 0 Å². The highest BCUT2D eigenvalue weighted by Gasteiger charge is 1.99. The zero-order valence-electron chi connectivity index (χ0n) is 6.41. The maximum atomic E-state index is 10.8.